The van der Waals surface area contributed by atoms with E-state index < -0.39 is 0 Å². The first-order valence-electron chi connectivity index (χ1n) is 9.55. The molecular weight excluding hydrogens is 326 g/mol. The predicted octanol–water partition coefficient (Wildman–Crippen LogP) is 7.23. The third kappa shape index (κ3) is 2.54. The second-order valence-electron chi connectivity index (χ2n) is 8.37. The van der Waals surface area contributed by atoms with Crippen LogP contribution in [0.25, 0.3) is 38.3 Å². The third-order valence-corrected chi connectivity index (χ3v) is 5.53. The van der Waals surface area contributed by atoms with Crippen molar-refractivity contribution in [2.24, 2.45) is 0 Å². The molecular formula is C26H23N. The van der Waals surface area contributed by atoms with Gasteiger partial charge in [0.1, 0.15) is 0 Å². The fourth-order valence-electron chi connectivity index (χ4n) is 4.04. The molecule has 0 fully saturated rings. The second-order valence-corrected chi connectivity index (χ2v) is 8.37. The minimum absolute atomic E-state index is 0.162. The van der Waals surface area contributed by atoms with E-state index in [1.807, 2.05) is 0 Å². The average Bonchev–Trinajstić information content (AvgIpc) is 2.99. The summed E-state index contributed by atoms with van der Waals surface area (Å²) >= 11 is 0. The molecule has 1 nitrogen and oxygen atoms in total. The van der Waals surface area contributed by atoms with E-state index in [1.165, 1.54) is 43.8 Å². The fourth-order valence-corrected chi connectivity index (χ4v) is 4.04. The molecule has 1 heteroatoms. The van der Waals surface area contributed by atoms with Crippen LogP contribution in [-0.4, -0.2) is 4.57 Å². The molecule has 0 aliphatic rings. The number of para-hydroxylation sites is 1. The molecule has 4 aromatic carbocycles. The van der Waals surface area contributed by atoms with E-state index in [1.54, 1.807) is 0 Å². The summed E-state index contributed by atoms with van der Waals surface area (Å²) in [4.78, 5) is 0. The van der Waals surface area contributed by atoms with Crippen molar-refractivity contribution < 1.29 is 0 Å². The standard InChI is InChI=1S/C26H23N/c1-26(2,3)20-12-14-21(15-13-20)27-24-11-7-6-10-22(24)23-16-18-8-4-5-9-19(18)17-25(23)27/h4-17H,1-3H3. The Morgan fingerprint density at radius 2 is 1.22 bits per heavy atom. The van der Waals surface area contributed by atoms with Crippen LogP contribution in [0.3, 0.4) is 0 Å². The van der Waals surface area contributed by atoms with Crippen LogP contribution in [0.5, 0.6) is 0 Å². The first-order chi connectivity index (χ1) is 13.0. The van der Waals surface area contributed by atoms with Gasteiger partial charge in [0.25, 0.3) is 0 Å². The zero-order chi connectivity index (χ0) is 18.6. The van der Waals surface area contributed by atoms with E-state index in [0.717, 1.165) is 0 Å². The van der Waals surface area contributed by atoms with E-state index >= 15 is 0 Å². The number of nitrogens with zero attached hydrogens (tertiary/aromatic N) is 1. The highest BCUT2D eigenvalue weighted by Crippen LogP contribution is 2.35. The van der Waals surface area contributed by atoms with Crippen molar-refractivity contribution in [2.75, 3.05) is 0 Å². The third-order valence-electron chi connectivity index (χ3n) is 5.53. The Balaban J connectivity index is 1.85. The van der Waals surface area contributed by atoms with Gasteiger partial charge in [-0.2, -0.15) is 0 Å². The van der Waals surface area contributed by atoms with E-state index in [2.05, 4.69) is 110 Å². The zero-order valence-electron chi connectivity index (χ0n) is 16.0. The maximum atomic E-state index is 2.39. The van der Waals surface area contributed by atoms with Crippen LogP contribution < -0.4 is 0 Å². The van der Waals surface area contributed by atoms with Gasteiger partial charge in [-0.05, 0) is 52.1 Å². The van der Waals surface area contributed by atoms with Crippen LogP contribution in [0.2, 0.25) is 0 Å². The highest BCUT2D eigenvalue weighted by Gasteiger charge is 2.15. The smallest absolute Gasteiger partial charge is 0.0547 e. The summed E-state index contributed by atoms with van der Waals surface area (Å²) in [6.07, 6.45) is 0. The molecule has 5 rings (SSSR count). The van der Waals surface area contributed by atoms with Gasteiger partial charge in [0.05, 0.1) is 11.0 Å². The van der Waals surface area contributed by atoms with Crippen molar-refractivity contribution in [3.05, 3.63) is 90.5 Å². The first kappa shape index (κ1) is 16.1. The minimum Gasteiger partial charge on any atom is -0.309 e. The molecule has 0 saturated heterocycles. The lowest BCUT2D eigenvalue weighted by Crippen LogP contribution is -2.10. The van der Waals surface area contributed by atoms with Crippen LogP contribution in [-0.2, 0) is 5.41 Å². The molecule has 27 heavy (non-hydrogen) atoms. The van der Waals surface area contributed by atoms with Crippen molar-refractivity contribution in [1.29, 1.82) is 0 Å². The van der Waals surface area contributed by atoms with Gasteiger partial charge in [0.15, 0.2) is 0 Å². The molecule has 0 N–H and O–H groups in total. The monoisotopic (exact) mass is 349 g/mol. The van der Waals surface area contributed by atoms with Crippen LogP contribution in [0.15, 0.2) is 84.9 Å². The molecule has 0 aliphatic heterocycles. The molecule has 5 aromatic rings. The molecule has 0 unspecified atom stereocenters. The Hall–Kier alpha value is -3.06. The van der Waals surface area contributed by atoms with Crippen molar-refractivity contribution in [3.8, 4) is 5.69 Å². The molecule has 0 amide bonds. The molecule has 132 valence electrons. The van der Waals surface area contributed by atoms with Gasteiger partial charge in [0, 0.05) is 16.5 Å². The van der Waals surface area contributed by atoms with E-state index in [4.69, 9.17) is 0 Å². The summed E-state index contributed by atoms with van der Waals surface area (Å²) in [6.45, 7) is 6.78. The number of rotatable bonds is 1. The molecule has 1 aromatic heterocycles. The molecule has 0 spiro atoms. The zero-order valence-corrected chi connectivity index (χ0v) is 16.0. The second kappa shape index (κ2) is 5.72. The highest BCUT2D eigenvalue weighted by molar-refractivity contribution is 6.13. The number of hydrogen-bond donors (Lipinski definition) is 0. The van der Waals surface area contributed by atoms with Crippen LogP contribution in [0.1, 0.15) is 26.3 Å². The molecule has 0 atom stereocenters. The molecule has 0 bridgehead atoms. The quantitative estimate of drug-likeness (QED) is 0.301. The SMILES string of the molecule is CC(C)(C)c1ccc(-n2c3ccccc3c3cc4ccccc4cc32)cc1. The molecule has 0 saturated carbocycles. The van der Waals surface area contributed by atoms with E-state index in [0.29, 0.717) is 0 Å². The van der Waals surface area contributed by atoms with Crippen molar-refractivity contribution in [2.45, 2.75) is 26.2 Å². The molecule has 0 aliphatic carbocycles. The summed E-state index contributed by atoms with van der Waals surface area (Å²) in [6, 6.07) is 31.0. The maximum absolute atomic E-state index is 2.39. The Bertz CT molecular complexity index is 1280. The van der Waals surface area contributed by atoms with Gasteiger partial charge in [-0.25, -0.2) is 0 Å². The number of benzene rings is 4. The van der Waals surface area contributed by atoms with Crippen molar-refractivity contribution >= 4 is 32.6 Å². The lowest BCUT2D eigenvalue weighted by molar-refractivity contribution is 0.590. The van der Waals surface area contributed by atoms with E-state index in [9.17, 15) is 0 Å². The van der Waals surface area contributed by atoms with Gasteiger partial charge in [-0.1, -0.05) is 75.4 Å². The summed E-state index contributed by atoms with van der Waals surface area (Å²) < 4.78 is 2.39. The van der Waals surface area contributed by atoms with Crippen LogP contribution in [0.4, 0.5) is 0 Å². The largest absolute Gasteiger partial charge is 0.309 e. The van der Waals surface area contributed by atoms with Crippen LogP contribution in [0, 0.1) is 0 Å². The number of fused-ring (bicyclic) bond motifs is 4. The van der Waals surface area contributed by atoms with Gasteiger partial charge in [0.2, 0.25) is 0 Å². The van der Waals surface area contributed by atoms with Gasteiger partial charge >= 0.3 is 0 Å². The topological polar surface area (TPSA) is 4.93 Å². The lowest BCUT2D eigenvalue weighted by Gasteiger charge is -2.19. The Morgan fingerprint density at radius 3 is 1.93 bits per heavy atom. The predicted molar refractivity (Wildman–Crippen MR) is 117 cm³/mol. The first-order valence-corrected chi connectivity index (χ1v) is 9.55. The molecule has 0 radical (unpaired) electrons. The normalized spacial score (nSPS) is 12.3. The van der Waals surface area contributed by atoms with Crippen molar-refractivity contribution in [3.63, 3.8) is 0 Å². The summed E-state index contributed by atoms with van der Waals surface area (Å²) in [5, 5.41) is 5.18. The van der Waals surface area contributed by atoms with Crippen molar-refractivity contribution in [1.82, 2.24) is 4.57 Å². The maximum Gasteiger partial charge on any atom is 0.0547 e. The fraction of sp³-hybridized carbons (Fsp3) is 0.154. The highest BCUT2D eigenvalue weighted by atomic mass is 15.0. The van der Waals surface area contributed by atoms with Gasteiger partial charge in [-0.3, -0.25) is 0 Å². The summed E-state index contributed by atoms with van der Waals surface area (Å²) in [5.74, 6) is 0. The Morgan fingerprint density at radius 1 is 0.593 bits per heavy atom. The van der Waals surface area contributed by atoms with Gasteiger partial charge < -0.3 is 4.57 Å². The van der Waals surface area contributed by atoms with Crippen LogP contribution >= 0.6 is 0 Å². The molecule has 1 heterocycles. The Kier molecular flexibility index (Phi) is 3.42. The number of hydrogen-bond acceptors (Lipinski definition) is 0. The summed E-state index contributed by atoms with van der Waals surface area (Å²) in [7, 11) is 0. The van der Waals surface area contributed by atoms with E-state index in [-0.39, 0.29) is 5.41 Å². The number of aromatic nitrogens is 1. The van der Waals surface area contributed by atoms with Gasteiger partial charge in [-0.15, -0.1) is 0 Å². The lowest BCUT2D eigenvalue weighted by atomic mass is 9.87. The average molecular weight is 349 g/mol. The summed E-state index contributed by atoms with van der Waals surface area (Å²) in [5.41, 5.74) is 5.25. The Labute approximate surface area is 159 Å². The minimum atomic E-state index is 0.162.